The van der Waals surface area contributed by atoms with Gasteiger partial charge in [0.1, 0.15) is 11.9 Å². The van der Waals surface area contributed by atoms with Crippen LogP contribution in [-0.4, -0.2) is 27.0 Å². The zero-order chi connectivity index (χ0) is 21.5. The summed E-state index contributed by atoms with van der Waals surface area (Å²) in [5.74, 6) is 1.19. The van der Waals surface area contributed by atoms with Crippen molar-refractivity contribution < 1.29 is 17.9 Å². The van der Waals surface area contributed by atoms with Crippen LogP contribution in [0.1, 0.15) is 44.1 Å². The van der Waals surface area contributed by atoms with Gasteiger partial charge >= 0.3 is 0 Å². The molecule has 3 atom stereocenters. The van der Waals surface area contributed by atoms with Crippen LogP contribution in [0.25, 0.3) is 0 Å². The summed E-state index contributed by atoms with van der Waals surface area (Å²) in [5.41, 5.74) is 1.66. The minimum absolute atomic E-state index is 0.00908. The van der Waals surface area contributed by atoms with E-state index in [2.05, 4.69) is 6.92 Å². The first-order valence-corrected chi connectivity index (χ1v) is 12.0. The fraction of sp³-hybridized carbons (Fsp3) is 0.409. The monoisotopic (exact) mass is 448 g/mol. The summed E-state index contributed by atoms with van der Waals surface area (Å²) < 4.78 is 29.1. The Balaban J connectivity index is 1.52. The molecule has 4 rings (SSSR count). The molecule has 0 aromatic heterocycles. The highest BCUT2D eigenvalue weighted by Crippen LogP contribution is 2.38. The summed E-state index contributed by atoms with van der Waals surface area (Å²) in [6.45, 7) is 2.71. The van der Waals surface area contributed by atoms with Gasteiger partial charge in [-0.2, -0.15) is 0 Å². The zero-order valence-electron chi connectivity index (χ0n) is 16.8. The van der Waals surface area contributed by atoms with Gasteiger partial charge in [-0.25, -0.2) is 13.6 Å². The van der Waals surface area contributed by atoms with Crippen LogP contribution in [0.3, 0.4) is 0 Å². The van der Waals surface area contributed by atoms with Crippen molar-refractivity contribution in [2.75, 3.05) is 11.4 Å². The summed E-state index contributed by atoms with van der Waals surface area (Å²) in [6.07, 6.45) is 3.92. The molecule has 1 amide bonds. The lowest BCUT2D eigenvalue weighted by molar-refractivity contribution is -0.117. The molecule has 2 aromatic carbocycles. The summed E-state index contributed by atoms with van der Waals surface area (Å²) >= 11 is 6.37. The summed E-state index contributed by atoms with van der Waals surface area (Å²) in [4.78, 5) is 14.3. The molecular formula is C22H25ClN2O4S. The van der Waals surface area contributed by atoms with E-state index in [0.717, 1.165) is 18.4 Å². The molecule has 1 saturated heterocycles. The van der Waals surface area contributed by atoms with Crippen molar-refractivity contribution in [1.29, 1.82) is 0 Å². The van der Waals surface area contributed by atoms with Crippen LogP contribution in [0.5, 0.6) is 5.75 Å². The van der Waals surface area contributed by atoms with Crippen molar-refractivity contribution in [2.45, 2.75) is 49.5 Å². The van der Waals surface area contributed by atoms with Gasteiger partial charge in [-0.05, 0) is 67.1 Å². The Morgan fingerprint density at radius 3 is 2.50 bits per heavy atom. The maximum Gasteiger partial charge on any atom is 0.238 e. The average Bonchev–Trinajstić information content (AvgIpc) is 3.28. The third-order valence-corrected chi connectivity index (χ3v) is 7.33. The van der Waals surface area contributed by atoms with Gasteiger partial charge in [-0.1, -0.05) is 24.6 Å². The Morgan fingerprint density at radius 1 is 1.13 bits per heavy atom. The molecule has 2 aromatic rings. The van der Waals surface area contributed by atoms with Crippen LogP contribution in [0.4, 0.5) is 5.69 Å². The minimum atomic E-state index is -3.76. The molecular weight excluding hydrogens is 424 g/mol. The molecule has 1 aliphatic carbocycles. The van der Waals surface area contributed by atoms with Gasteiger partial charge in [0, 0.05) is 24.6 Å². The number of ether oxygens (including phenoxy) is 1. The number of hydrogen-bond acceptors (Lipinski definition) is 4. The number of halogens is 1. The first kappa shape index (κ1) is 21.2. The minimum Gasteiger partial charge on any atom is -0.489 e. The molecule has 2 fully saturated rings. The number of rotatable bonds is 5. The maximum absolute atomic E-state index is 12.6. The number of nitrogens with two attached hydrogens (primary N) is 1. The number of amides is 1. The molecule has 0 spiro atoms. The molecule has 0 radical (unpaired) electrons. The highest BCUT2D eigenvalue weighted by atomic mass is 35.5. The first-order chi connectivity index (χ1) is 14.2. The second-order valence-corrected chi connectivity index (χ2v) is 10.2. The fourth-order valence-electron chi connectivity index (χ4n) is 4.31. The van der Waals surface area contributed by atoms with Gasteiger partial charge in [-0.3, -0.25) is 4.79 Å². The molecule has 2 N–H and O–H groups in total. The lowest BCUT2D eigenvalue weighted by Crippen LogP contribution is -2.24. The van der Waals surface area contributed by atoms with Crippen LogP contribution in [0.15, 0.2) is 47.4 Å². The highest BCUT2D eigenvalue weighted by molar-refractivity contribution is 7.89. The summed E-state index contributed by atoms with van der Waals surface area (Å²) in [5, 5.41) is 5.73. The van der Waals surface area contributed by atoms with E-state index in [1.165, 1.54) is 18.6 Å². The lowest BCUT2D eigenvalue weighted by atomic mass is 9.98. The van der Waals surface area contributed by atoms with Gasteiger partial charge in [-0.15, -0.1) is 0 Å². The van der Waals surface area contributed by atoms with Crippen LogP contribution < -0.4 is 14.8 Å². The van der Waals surface area contributed by atoms with Crippen molar-refractivity contribution in [3.8, 4) is 5.75 Å². The zero-order valence-corrected chi connectivity index (χ0v) is 18.3. The second-order valence-electron chi connectivity index (χ2n) is 8.20. The van der Waals surface area contributed by atoms with Gasteiger partial charge in [0.15, 0.2) is 0 Å². The summed E-state index contributed by atoms with van der Waals surface area (Å²) in [6, 6.07) is 11.8. The fourth-order valence-corrected chi connectivity index (χ4v) is 4.99. The molecule has 2 unspecified atom stereocenters. The largest absolute Gasteiger partial charge is 0.489 e. The lowest BCUT2D eigenvalue weighted by Gasteiger charge is -2.21. The standard InChI is InChI=1S/C22H25ClN2O4S/c1-14-3-2-4-20(14)29-21-11-15(5-10-19(21)23)16-12-22(26)25(13-16)17-6-8-18(9-7-17)30(24,27)28/h5-11,14,16,20H,2-4,12-13H2,1H3,(H2,24,27,28)/t14?,16-,20?/m0/s1. The number of carbonyl (C=O) groups excluding carboxylic acids is 1. The first-order valence-electron chi connectivity index (χ1n) is 10.1. The Kier molecular flexibility index (Phi) is 5.79. The number of primary sulfonamides is 1. The van der Waals surface area contributed by atoms with E-state index in [1.807, 2.05) is 18.2 Å². The molecule has 2 aliphatic rings. The Hall–Kier alpha value is -2.09. The normalized spacial score (nSPS) is 24.4. The number of carbonyl (C=O) groups is 1. The third kappa shape index (κ3) is 4.33. The quantitative estimate of drug-likeness (QED) is 0.746. The van der Waals surface area contributed by atoms with Gasteiger partial charge in [0.05, 0.1) is 9.92 Å². The van der Waals surface area contributed by atoms with Crippen LogP contribution in [0, 0.1) is 5.92 Å². The second kappa shape index (κ2) is 8.21. The number of benzene rings is 2. The van der Waals surface area contributed by atoms with Gasteiger partial charge in [0.25, 0.3) is 0 Å². The van der Waals surface area contributed by atoms with Crippen molar-refractivity contribution in [1.82, 2.24) is 0 Å². The maximum atomic E-state index is 12.6. The number of anilines is 1. The molecule has 0 bridgehead atoms. The predicted octanol–water partition coefficient (Wildman–Crippen LogP) is 4.08. The Morgan fingerprint density at radius 2 is 1.87 bits per heavy atom. The average molecular weight is 449 g/mol. The molecule has 160 valence electrons. The van der Waals surface area contributed by atoms with Gasteiger partial charge < -0.3 is 9.64 Å². The van der Waals surface area contributed by atoms with Crippen LogP contribution in [0.2, 0.25) is 5.02 Å². The molecule has 1 saturated carbocycles. The van der Waals surface area contributed by atoms with Crippen molar-refractivity contribution in [3.63, 3.8) is 0 Å². The van der Waals surface area contributed by atoms with Gasteiger partial charge in [0.2, 0.25) is 15.9 Å². The van der Waals surface area contributed by atoms with E-state index in [-0.39, 0.29) is 22.8 Å². The molecule has 1 heterocycles. The molecule has 1 aliphatic heterocycles. The Bertz CT molecular complexity index is 1060. The van der Waals surface area contributed by atoms with Crippen LogP contribution in [-0.2, 0) is 14.8 Å². The van der Waals surface area contributed by atoms with E-state index in [1.54, 1.807) is 17.0 Å². The predicted molar refractivity (Wildman–Crippen MR) is 116 cm³/mol. The SMILES string of the molecule is CC1CCCC1Oc1cc([C@H]2CC(=O)N(c3ccc(S(N)(=O)=O)cc3)C2)ccc1Cl. The molecule has 6 nitrogen and oxygen atoms in total. The highest BCUT2D eigenvalue weighted by Gasteiger charge is 2.32. The number of nitrogens with zero attached hydrogens (tertiary/aromatic N) is 1. The van der Waals surface area contributed by atoms with E-state index in [4.69, 9.17) is 21.5 Å². The van der Waals surface area contributed by atoms with Crippen LogP contribution >= 0.6 is 11.6 Å². The topological polar surface area (TPSA) is 89.7 Å². The number of hydrogen-bond donors (Lipinski definition) is 1. The molecule has 30 heavy (non-hydrogen) atoms. The van der Waals surface area contributed by atoms with E-state index < -0.39 is 10.0 Å². The van der Waals surface area contributed by atoms with Crippen molar-refractivity contribution in [3.05, 3.63) is 53.1 Å². The van der Waals surface area contributed by atoms with E-state index in [0.29, 0.717) is 35.3 Å². The van der Waals surface area contributed by atoms with Crippen molar-refractivity contribution in [2.24, 2.45) is 11.1 Å². The third-order valence-electron chi connectivity index (χ3n) is 6.09. The van der Waals surface area contributed by atoms with Crippen molar-refractivity contribution >= 4 is 33.2 Å². The molecule has 8 heteroatoms. The smallest absolute Gasteiger partial charge is 0.238 e. The Labute approximate surface area is 182 Å². The van der Waals surface area contributed by atoms with E-state index >= 15 is 0 Å². The summed E-state index contributed by atoms with van der Waals surface area (Å²) in [7, 11) is -3.76. The van der Waals surface area contributed by atoms with E-state index in [9.17, 15) is 13.2 Å². The number of sulfonamides is 1.